The van der Waals surface area contributed by atoms with Gasteiger partial charge in [-0.2, -0.15) is 0 Å². The highest BCUT2D eigenvalue weighted by Gasteiger charge is 2.11. The zero-order valence-corrected chi connectivity index (χ0v) is 15.3. The third-order valence-electron chi connectivity index (χ3n) is 2.85. The number of rotatable bonds is 10. The van der Waals surface area contributed by atoms with Gasteiger partial charge in [-0.15, -0.1) is 0 Å². The predicted molar refractivity (Wildman–Crippen MR) is 91.7 cm³/mol. The second-order valence-corrected chi connectivity index (χ2v) is 7.17. The van der Waals surface area contributed by atoms with E-state index in [1.165, 1.54) is 0 Å². The molecule has 1 rings (SSSR count). The van der Waals surface area contributed by atoms with Crippen LogP contribution in [0.2, 0.25) is 0 Å². The molecule has 1 aromatic carbocycles. The molecule has 1 unspecified atom stereocenters. The van der Waals surface area contributed by atoms with Crippen molar-refractivity contribution in [2.75, 3.05) is 32.3 Å². The fourth-order valence-corrected chi connectivity index (χ4v) is 3.01. The van der Waals surface area contributed by atoms with E-state index in [-0.39, 0.29) is 0 Å². The molecule has 6 heteroatoms. The number of hydrogen-bond donors (Lipinski definition) is 1. The van der Waals surface area contributed by atoms with Crippen LogP contribution in [0.25, 0.3) is 0 Å². The molecule has 1 atom stereocenters. The standard InChI is InChI=1S/C15H24BrNO3S/c1-4-7-20-15-13(16)9-12(10-14(15)19-2)11-17-6-5-8-21(3)18/h9-10,17H,4-8,11H2,1-3H3. The zero-order valence-electron chi connectivity index (χ0n) is 12.9. The van der Waals surface area contributed by atoms with E-state index in [2.05, 4.69) is 28.2 Å². The molecule has 0 aromatic heterocycles. The van der Waals surface area contributed by atoms with Crippen LogP contribution in [0.5, 0.6) is 11.5 Å². The van der Waals surface area contributed by atoms with Crippen LogP contribution in [0.4, 0.5) is 0 Å². The third kappa shape index (κ3) is 6.80. The molecule has 0 amide bonds. The van der Waals surface area contributed by atoms with Crippen molar-refractivity contribution in [3.05, 3.63) is 22.2 Å². The summed E-state index contributed by atoms with van der Waals surface area (Å²) in [6.45, 7) is 4.34. The number of halogens is 1. The SMILES string of the molecule is CCCOc1c(Br)cc(CNCCCS(C)=O)cc1OC. The van der Waals surface area contributed by atoms with Gasteiger partial charge in [0.2, 0.25) is 0 Å². The molecule has 1 N–H and O–H groups in total. The summed E-state index contributed by atoms with van der Waals surface area (Å²) in [5.41, 5.74) is 1.13. The second-order valence-electron chi connectivity index (χ2n) is 4.77. The average Bonchev–Trinajstić information content (AvgIpc) is 2.45. The van der Waals surface area contributed by atoms with Crippen molar-refractivity contribution in [1.29, 1.82) is 0 Å². The Morgan fingerprint density at radius 1 is 1.38 bits per heavy atom. The second kappa shape index (κ2) is 10.2. The van der Waals surface area contributed by atoms with Crippen LogP contribution in [0.1, 0.15) is 25.3 Å². The lowest BCUT2D eigenvalue weighted by Crippen LogP contribution is -2.16. The quantitative estimate of drug-likeness (QED) is 0.636. The first-order valence-corrected chi connectivity index (χ1v) is 9.60. The van der Waals surface area contributed by atoms with Crippen LogP contribution in [0, 0.1) is 0 Å². The van der Waals surface area contributed by atoms with Crippen LogP contribution >= 0.6 is 15.9 Å². The highest BCUT2D eigenvalue weighted by atomic mass is 79.9. The van der Waals surface area contributed by atoms with Crippen molar-refractivity contribution in [2.24, 2.45) is 0 Å². The summed E-state index contributed by atoms with van der Waals surface area (Å²) in [5.74, 6) is 2.23. The van der Waals surface area contributed by atoms with E-state index in [1.54, 1.807) is 13.4 Å². The molecule has 0 bridgehead atoms. The third-order valence-corrected chi connectivity index (χ3v) is 4.31. The smallest absolute Gasteiger partial charge is 0.175 e. The maximum Gasteiger partial charge on any atom is 0.175 e. The Morgan fingerprint density at radius 3 is 2.76 bits per heavy atom. The van der Waals surface area contributed by atoms with E-state index in [4.69, 9.17) is 9.47 Å². The van der Waals surface area contributed by atoms with Crippen molar-refractivity contribution < 1.29 is 13.7 Å². The minimum Gasteiger partial charge on any atom is -0.493 e. The van der Waals surface area contributed by atoms with Gasteiger partial charge < -0.3 is 14.8 Å². The van der Waals surface area contributed by atoms with Crippen molar-refractivity contribution in [3.8, 4) is 11.5 Å². The van der Waals surface area contributed by atoms with Gasteiger partial charge in [-0.1, -0.05) is 6.92 Å². The largest absolute Gasteiger partial charge is 0.493 e. The summed E-state index contributed by atoms with van der Waals surface area (Å²) in [4.78, 5) is 0. The summed E-state index contributed by atoms with van der Waals surface area (Å²) >= 11 is 3.54. The van der Waals surface area contributed by atoms with Crippen LogP contribution in [-0.4, -0.2) is 36.5 Å². The Bertz CT molecular complexity index is 468. The Kier molecular flexibility index (Phi) is 8.96. The number of ether oxygens (including phenoxy) is 2. The van der Waals surface area contributed by atoms with Gasteiger partial charge in [0.1, 0.15) is 0 Å². The molecule has 0 saturated heterocycles. The van der Waals surface area contributed by atoms with Crippen molar-refractivity contribution in [3.63, 3.8) is 0 Å². The van der Waals surface area contributed by atoms with Crippen LogP contribution in [0.3, 0.4) is 0 Å². The van der Waals surface area contributed by atoms with Gasteiger partial charge in [0.05, 0.1) is 18.2 Å². The van der Waals surface area contributed by atoms with Crippen LogP contribution < -0.4 is 14.8 Å². The van der Waals surface area contributed by atoms with E-state index >= 15 is 0 Å². The maximum atomic E-state index is 11.0. The lowest BCUT2D eigenvalue weighted by Gasteiger charge is -2.14. The monoisotopic (exact) mass is 377 g/mol. The van der Waals surface area contributed by atoms with Gasteiger partial charge in [-0.3, -0.25) is 4.21 Å². The molecule has 0 spiro atoms. The first-order valence-electron chi connectivity index (χ1n) is 7.08. The fraction of sp³-hybridized carbons (Fsp3) is 0.600. The molecule has 120 valence electrons. The topological polar surface area (TPSA) is 47.6 Å². The first-order chi connectivity index (χ1) is 10.1. The molecule has 0 radical (unpaired) electrons. The molecule has 1 aromatic rings. The Morgan fingerprint density at radius 2 is 2.14 bits per heavy atom. The summed E-state index contributed by atoms with van der Waals surface area (Å²) in [5, 5.41) is 3.35. The molecule has 0 fully saturated rings. The number of hydrogen-bond acceptors (Lipinski definition) is 4. The van der Waals surface area contributed by atoms with Gasteiger partial charge >= 0.3 is 0 Å². The molecule has 0 aliphatic heterocycles. The highest BCUT2D eigenvalue weighted by molar-refractivity contribution is 9.10. The number of methoxy groups -OCH3 is 1. The lowest BCUT2D eigenvalue weighted by molar-refractivity contribution is 0.292. The normalized spacial score (nSPS) is 12.2. The summed E-state index contributed by atoms with van der Waals surface area (Å²) < 4.78 is 23.0. The lowest BCUT2D eigenvalue weighted by atomic mass is 10.2. The molecular formula is C15H24BrNO3S. The van der Waals surface area contributed by atoms with Gasteiger partial charge in [0.25, 0.3) is 0 Å². The summed E-state index contributed by atoms with van der Waals surface area (Å²) in [7, 11) is 0.934. The molecule has 0 heterocycles. The zero-order chi connectivity index (χ0) is 15.7. The van der Waals surface area contributed by atoms with Crippen LogP contribution in [-0.2, 0) is 17.3 Å². The fourth-order valence-electron chi connectivity index (χ4n) is 1.85. The average molecular weight is 378 g/mol. The molecule has 21 heavy (non-hydrogen) atoms. The van der Waals surface area contributed by atoms with E-state index in [1.807, 2.05) is 12.1 Å². The Labute approximate surface area is 138 Å². The highest BCUT2D eigenvalue weighted by Crippen LogP contribution is 2.36. The van der Waals surface area contributed by atoms with E-state index in [9.17, 15) is 4.21 Å². The van der Waals surface area contributed by atoms with E-state index in [0.29, 0.717) is 6.61 Å². The van der Waals surface area contributed by atoms with Crippen LogP contribution in [0.15, 0.2) is 16.6 Å². The maximum absolute atomic E-state index is 11.0. The number of benzene rings is 1. The van der Waals surface area contributed by atoms with Crippen molar-refractivity contribution >= 4 is 26.7 Å². The number of nitrogens with one attached hydrogen (secondary N) is 1. The summed E-state index contributed by atoms with van der Waals surface area (Å²) in [6.07, 6.45) is 3.60. The predicted octanol–water partition coefficient (Wildman–Crippen LogP) is 3.10. The summed E-state index contributed by atoms with van der Waals surface area (Å²) in [6, 6.07) is 4.03. The van der Waals surface area contributed by atoms with E-state index < -0.39 is 10.8 Å². The molecular weight excluding hydrogens is 354 g/mol. The minimum atomic E-state index is -0.713. The molecule has 0 aliphatic carbocycles. The molecule has 0 saturated carbocycles. The first kappa shape index (κ1) is 18.5. The molecule has 0 aliphatic rings. The van der Waals surface area contributed by atoms with E-state index in [0.717, 1.165) is 53.2 Å². The van der Waals surface area contributed by atoms with Gasteiger partial charge in [0.15, 0.2) is 11.5 Å². The van der Waals surface area contributed by atoms with Gasteiger partial charge in [0, 0.05) is 29.4 Å². The van der Waals surface area contributed by atoms with Crippen molar-refractivity contribution in [1.82, 2.24) is 5.32 Å². The molecule has 4 nitrogen and oxygen atoms in total. The minimum absolute atomic E-state index is 0.667. The van der Waals surface area contributed by atoms with Gasteiger partial charge in [-0.25, -0.2) is 0 Å². The Hall–Kier alpha value is -0.590. The Balaban J connectivity index is 2.59. The van der Waals surface area contributed by atoms with Gasteiger partial charge in [-0.05, 0) is 53.0 Å². The van der Waals surface area contributed by atoms with Crippen molar-refractivity contribution in [2.45, 2.75) is 26.3 Å².